The second-order valence-electron chi connectivity index (χ2n) is 6.32. The van der Waals surface area contributed by atoms with Gasteiger partial charge in [-0.15, -0.1) is 0 Å². The van der Waals surface area contributed by atoms with Crippen LogP contribution in [0, 0.1) is 5.82 Å². The molecule has 152 valence electrons. The zero-order chi connectivity index (χ0) is 20.1. The maximum absolute atomic E-state index is 13.8. The van der Waals surface area contributed by atoms with Crippen LogP contribution in [-0.2, 0) is 22.9 Å². The molecule has 3 rings (SSSR count). The third kappa shape index (κ3) is 3.39. The van der Waals surface area contributed by atoms with Gasteiger partial charge >= 0.3 is 13.5 Å². The van der Waals surface area contributed by atoms with E-state index in [2.05, 4.69) is 4.98 Å². The van der Waals surface area contributed by atoms with E-state index in [0.717, 1.165) is 0 Å². The van der Waals surface area contributed by atoms with Crippen molar-refractivity contribution in [3.8, 4) is 0 Å². The van der Waals surface area contributed by atoms with Crippen LogP contribution in [0.2, 0.25) is 0 Å². The van der Waals surface area contributed by atoms with E-state index in [9.17, 15) is 27.6 Å². The lowest BCUT2D eigenvalue weighted by Gasteiger charge is -2.39. The van der Waals surface area contributed by atoms with Crippen molar-refractivity contribution in [3.63, 3.8) is 0 Å². The van der Waals surface area contributed by atoms with Crippen molar-refractivity contribution in [2.45, 2.75) is 50.4 Å². The summed E-state index contributed by atoms with van der Waals surface area (Å²) >= 11 is 0. The van der Waals surface area contributed by atoms with Gasteiger partial charge in [-0.05, 0) is 13.8 Å². The highest BCUT2D eigenvalue weighted by Gasteiger charge is 2.67. The van der Waals surface area contributed by atoms with Crippen molar-refractivity contribution in [1.29, 1.82) is 0 Å². The number of anilines is 1. The highest BCUT2D eigenvalue weighted by atomic mass is 31.2. The zero-order valence-electron chi connectivity index (χ0n) is 14.1. The second-order valence-corrected chi connectivity index (χ2v) is 7.89. The molecule has 2 saturated heterocycles. The minimum atomic E-state index is -4.28. The molecule has 0 amide bonds. The minimum Gasteiger partial charge on any atom is -0.386 e. The maximum Gasteiger partial charge on any atom is 0.475 e. The number of alkyl halides is 2. The minimum absolute atomic E-state index is 0.455. The number of fused-ring (bicyclic) bond motifs is 1. The summed E-state index contributed by atoms with van der Waals surface area (Å²) in [5, 5.41) is 10.4. The van der Waals surface area contributed by atoms with Gasteiger partial charge in [0.2, 0.25) is 0 Å². The number of aliphatic hydroxyl groups is 1. The molecule has 14 heteroatoms. The Hall–Kier alpha value is -1.50. The van der Waals surface area contributed by atoms with Crippen LogP contribution in [-0.4, -0.2) is 51.6 Å². The lowest BCUT2D eigenvalue weighted by atomic mass is 9.96. The predicted octanol–water partition coefficient (Wildman–Crippen LogP) is 0.807. The molecule has 0 aromatic carbocycles. The quantitative estimate of drug-likeness (QED) is 0.685. The molecule has 0 bridgehead atoms. The molecule has 10 nitrogen and oxygen atoms in total. The summed E-state index contributed by atoms with van der Waals surface area (Å²) in [4.78, 5) is 15.1. The molecule has 2 aliphatic heterocycles. The molecule has 27 heavy (non-hydrogen) atoms. The molecule has 3 N–H and O–H groups in total. The first-order chi connectivity index (χ1) is 12.5. The monoisotopic (exact) mass is 415 g/mol. The molecule has 5 unspecified atom stereocenters. The standard InChI is InChI=1S/C13H17F3N3O7P/c1-5(2)25-27(22)23-4-13(11(15)16)8(26-27)7(20)10(24-13)19-3-6(14)9(17)18-12(19)21/h3,5,7-8,10-11,20H,4H2,1-2H3,(H2,17,18,21). The van der Waals surface area contributed by atoms with Crippen LogP contribution >= 0.6 is 7.82 Å². The molecular formula is C13H17F3N3O7P. The second kappa shape index (κ2) is 6.83. The molecule has 0 aliphatic carbocycles. The van der Waals surface area contributed by atoms with Crippen molar-refractivity contribution >= 4 is 13.6 Å². The number of halogens is 3. The van der Waals surface area contributed by atoms with E-state index in [1.54, 1.807) is 0 Å². The Bertz CT molecular complexity index is 838. The number of nitrogens with zero attached hydrogens (tertiary/aromatic N) is 2. The Morgan fingerprint density at radius 3 is 2.78 bits per heavy atom. The van der Waals surface area contributed by atoms with Gasteiger partial charge in [0.15, 0.2) is 23.5 Å². The van der Waals surface area contributed by atoms with Crippen LogP contribution in [0.1, 0.15) is 20.1 Å². The molecule has 0 radical (unpaired) electrons. The van der Waals surface area contributed by atoms with Crippen LogP contribution in [0.3, 0.4) is 0 Å². The molecular weight excluding hydrogens is 398 g/mol. The normalized spacial score (nSPS) is 36.4. The van der Waals surface area contributed by atoms with Crippen LogP contribution < -0.4 is 11.4 Å². The van der Waals surface area contributed by atoms with Gasteiger partial charge in [-0.1, -0.05) is 0 Å². The van der Waals surface area contributed by atoms with Gasteiger partial charge in [0.1, 0.15) is 12.2 Å². The summed E-state index contributed by atoms with van der Waals surface area (Å²) in [6.07, 6.45) is -8.98. The predicted molar refractivity (Wildman–Crippen MR) is 82.4 cm³/mol. The molecule has 1 aromatic rings. The van der Waals surface area contributed by atoms with E-state index in [0.29, 0.717) is 10.8 Å². The van der Waals surface area contributed by atoms with Crippen molar-refractivity contribution in [1.82, 2.24) is 9.55 Å². The van der Waals surface area contributed by atoms with Crippen LogP contribution in [0.5, 0.6) is 0 Å². The SMILES string of the molecule is CC(C)OP1(=O)OCC2(C(F)F)OC(n3cc(F)c(N)nc3=O)C(O)C2O1. The smallest absolute Gasteiger partial charge is 0.386 e. The molecule has 3 heterocycles. The average molecular weight is 415 g/mol. The van der Waals surface area contributed by atoms with Gasteiger partial charge in [0.05, 0.1) is 18.9 Å². The number of aliphatic hydroxyl groups excluding tert-OH is 1. The number of nitrogen functional groups attached to an aromatic ring is 1. The molecule has 1 aromatic heterocycles. The van der Waals surface area contributed by atoms with E-state index in [1.807, 2.05) is 0 Å². The Labute approximate surface area is 150 Å². The topological polar surface area (TPSA) is 135 Å². The van der Waals surface area contributed by atoms with Crippen LogP contribution in [0.4, 0.5) is 19.0 Å². The number of rotatable bonds is 4. The van der Waals surface area contributed by atoms with E-state index in [4.69, 9.17) is 24.0 Å². The molecule has 5 atom stereocenters. The number of nitrogens with two attached hydrogens (primary N) is 1. The van der Waals surface area contributed by atoms with Crippen molar-refractivity contribution in [2.24, 2.45) is 0 Å². The van der Waals surface area contributed by atoms with Gasteiger partial charge in [-0.2, -0.15) is 4.98 Å². The Morgan fingerprint density at radius 2 is 2.19 bits per heavy atom. The summed E-state index contributed by atoms with van der Waals surface area (Å²) in [7, 11) is -4.28. The Balaban J connectivity index is 2.00. The summed E-state index contributed by atoms with van der Waals surface area (Å²) in [5.74, 6) is -1.84. The van der Waals surface area contributed by atoms with Crippen LogP contribution in [0.25, 0.3) is 0 Å². The molecule has 0 spiro atoms. The molecule has 2 aliphatic rings. The van der Waals surface area contributed by atoms with Crippen LogP contribution in [0.15, 0.2) is 11.0 Å². The first kappa shape index (κ1) is 20.2. The fourth-order valence-corrected chi connectivity index (χ4v) is 4.46. The number of ether oxygens (including phenoxy) is 1. The summed E-state index contributed by atoms with van der Waals surface area (Å²) in [6.45, 7) is 2.06. The first-order valence-electron chi connectivity index (χ1n) is 7.78. The highest BCUT2D eigenvalue weighted by molar-refractivity contribution is 7.48. The number of phosphoric ester groups is 1. The van der Waals surface area contributed by atoms with Gasteiger partial charge in [0, 0.05) is 0 Å². The molecule has 0 saturated carbocycles. The zero-order valence-corrected chi connectivity index (χ0v) is 15.0. The first-order valence-corrected chi connectivity index (χ1v) is 9.25. The number of aromatic nitrogens is 2. The maximum atomic E-state index is 13.8. The van der Waals surface area contributed by atoms with E-state index in [1.165, 1.54) is 13.8 Å². The lowest BCUT2D eigenvalue weighted by Crippen LogP contribution is -2.56. The fourth-order valence-electron chi connectivity index (χ4n) is 2.83. The summed E-state index contributed by atoms with van der Waals surface area (Å²) in [6, 6.07) is 0. The largest absolute Gasteiger partial charge is 0.475 e. The molecule has 2 fully saturated rings. The summed E-state index contributed by atoms with van der Waals surface area (Å²) in [5.41, 5.74) is 1.47. The van der Waals surface area contributed by atoms with Gasteiger partial charge in [-0.25, -0.2) is 22.5 Å². The highest BCUT2D eigenvalue weighted by Crippen LogP contribution is 2.61. The van der Waals surface area contributed by atoms with E-state index in [-0.39, 0.29) is 0 Å². The van der Waals surface area contributed by atoms with Crippen molar-refractivity contribution in [3.05, 3.63) is 22.5 Å². The third-order valence-electron chi connectivity index (χ3n) is 4.03. The van der Waals surface area contributed by atoms with Gasteiger partial charge < -0.3 is 15.6 Å². The van der Waals surface area contributed by atoms with E-state index < -0.39 is 68.3 Å². The van der Waals surface area contributed by atoms with Crippen molar-refractivity contribution < 1.29 is 41.2 Å². The van der Waals surface area contributed by atoms with Gasteiger partial charge in [-0.3, -0.25) is 18.1 Å². The third-order valence-corrected chi connectivity index (χ3v) is 5.64. The number of hydrogen-bond donors (Lipinski definition) is 2. The Morgan fingerprint density at radius 1 is 1.52 bits per heavy atom. The lowest BCUT2D eigenvalue weighted by molar-refractivity contribution is -0.208. The number of hydrogen-bond acceptors (Lipinski definition) is 9. The van der Waals surface area contributed by atoms with Gasteiger partial charge in [0.25, 0.3) is 6.43 Å². The van der Waals surface area contributed by atoms with E-state index >= 15 is 0 Å². The summed E-state index contributed by atoms with van der Waals surface area (Å²) < 4.78 is 74.2. The average Bonchev–Trinajstić information content (AvgIpc) is 2.84. The van der Waals surface area contributed by atoms with Crippen molar-refractivity contribution in [2.75, 3.05) is 12.3 Å². The Kier molecular flexibility index (Phi) is 5.12. The fraction of sp³-hybridized carbons (Fsp3) is 0.692. The number of phosphoric acid groups is 1.